The molecule has 2 aromatic heterocycles. The molecule has 1 unspecified atom stereocenters. The highest BCUT2D eigenvalue weighted by Gasteiger charge is 2.11. The van der Waals surface area contributed by atoms with Crippen molar-refractivity contribution in [1.82, 2.24) is 25.8 Å². The minimum Gasteiger partial charge on any atom is -0.356 e. The van der Waals surface area contributed by atoms with Crippen molar-refractivity contribution < 1.29 is 4.52 Å². The Morgan fingerprint density at radius 1 is 1.07 bits per heavy atom. The fourth-order valence-electron chi connectivity index (χ4n) is 3.20. The summed E-state index contributed by atoms with van der Waals surface area (Å²) in [6.45, 7) is 2.75. The molecular formula is C23H24N6O. The lowest BCUT2D eigenvalue weighted by molar-refractivity contribution is 0.421. The van der Waals surface area contributed by atoms with Crippen LogP contribution in [0.5, 0.6) is 0 Å². The minimum atomic E-state index is 0.113. The molecule has 0 fully saturated rings. The molecule has 4 aromatic rings. The van der Waals surface area contributed by atoms with E-state index in [0.29, 0.717) is 30.4 Å². The summed E-state index contributed by atoms with van der Waals surface area (Å²) < 4.78 is 5.29. The maximum absolute atomic E-state index is 5.29. The smallest absolute Gasteiger partial charge is 0.276 e. The summed E-state index contributed by atoms with van der Waals surface area (Å²) in [4.78, 5) is 12.9. The normalized spacial score (nSPS) is 12.7. The number of aliphatic imine (C=N–C) groups is 1. The summed E-state index contributed by atoms with van der Waals surface area (Å²) >= 11 is 0. The molecule has 0 radical (unpaired) electrons. The monoisotopic (exact) mass is 400 g/mol. The van der Waals surface area contributed by atoms with Crippen LogP contribution in [0.15, 0.2) is 76.4 Å². The van der Waals surface area contributed by atoms with Gasteiger partial charge >= 0.3 is 0 Å². The van der Waals surface area contributed by atoms with Gasteiger partial charge in [0, 0.05) is 26.2 Å². The maximum atomic E-state index is 5.29. The topological polar surface area (TPSA) is 88.2 Å². The van der Waals surface area contributed by atoms with Gasteiger partial charge in [0.15, 0.2) is 11.8 Å². The van der Waals surface area contributed by atoms with Crippen LogP contribution in [0.3, 0.4) is 0 Å². The number of rotatable bonds is 6. The van der Waals surface area contributed by atoms with Crippen LogP contribution in [-0.2, 0) is 6.42 Å². The van der Waals surface area contributed by atoms with Crippen LogP contribution in [0.25, 0.3) is 22.4 Å². The minimum absolute atomic E-state index is 0.113. The van der Waals surface area contributed by atoms with Gasteiger partial charge < -0.3 is 15.2 Å². The molecule has 2 heterocycles. The van der Waals surface area contributed by atoms with Gasteiger partial charge in [-0.3, -0.25) is 9.98 Å². The van der Waals surface area contributed by atoms with Gasteiger partial charge in [-0.25, -0.2) is 0 Å². The summed E-state index contributed by atoms with van der Waals surface area (Å²) in [5, 5.41) is 13.2. The van der Waals surface area contributed by atoms with Crippen LogP contribution < -0.4 is 10.6 Å². The molecule has 0 saturated carbocycles. The largest absolute Gasteiger partial charge is 0.356 e. The van der Waals surface area contributed by atoms with Crippen LogP contribution in [0.4, 0.5) is 0 Å². The molecule has 0 bridgehead atoms. The van der Waals surface area contributed by atoms with Gasteiger partial charge in [-0.2, -0.15) is 4.98 Å². The first-order valence-corrected chi connectivity index (χ1v) is 9.93. The maximum Gasteiger partial charge on any atom is 0.276 e. The fraction of sp³-hybridized carbons (Fsp3) is 0.217. The Hall–Kier alpha value is -3.74. The molecule has 0 amide bonds. The summed E-state index contributed by atoms with van der Waals surface area (Å²) in [6.07, 6.45) is 2.31. The number of hydrogen-bond donors (Lipinski definition) is 2. The molecule has 152 valence electrons. The van der Waals surface area contributed by atoms with E-state index in [4.69, 9.17) is 4.52 Å². The van der Waals surface area contributed by atoms with Gasteiger partial charge in [-0.05, 0) is 41.5 Å². The Morgan fingerprint density at radius 3 is 2.70 bits per heavy atom. The highest BCUT2D eigenvalue weighted by Crippen LogP contribution is 2.20. The lowest BCUT2D eigenvalue weighted by atomic mass is 10.0. The molecule has 7 nitrogen and oxygen atoms in total. The van der Waals surface area contributed by atoms with Crippen molar-refractivity contribution in [3.8, 4) is 11.6 Å². The molecule has 30 heavy (non-hydrogen) atoms. The van der Waals surface area contributed by atoms with E-state index < -0.39 is 0 Å². The molecule has 0 saturated heterocycles. The molecule has 2 aromatic carbocycles. The van der Waals surface area contributed by atoms with Gasteiger partial charge in [0.2, 0.25) is 0 Å². The van der Waals surface area contributed by atoms with E-state index in [2.05, 4.69) is 80.1 Å². The second-order valence-electron chi connectivity index (χ2n) is 6.95. The number of aromatic nitrogens is 3. The third kappa shape index (κ3) is 4.63. The van der Waals surface area contributed by atoms with Crippen molar-refractivity contribution in [3.05, 3.63) is 78.2 Å². The number of hydrogen-bond acceptors (Lipinski definition) is 5. The number of fused-ring (bicyclic) bond motifs is 1. The Balaban J connectivity index is 1.32. The summed E-state index contributed by atoms with van der Waals surface area (Å²) in [5.41, 5.74) is 1.88. The van der Waals surface area contributed by atoms with Gasteiger partial charge in [0.1, 0.15) is 5.69 Å². The number of pyridine rings is 1. The van der Waals surface area contributed by atoms with E-state index in [1.165, 1.54) is 16.3 Å². The Kier molecular flexibility index (Phi) is 5.98. The van der Waals surface area contributed by atoms with Crippen LogP contribution >= 0.6 is 0 Å². The number of benzene rings is 2. The zero-order valence-corrected chi connectivity index (χ0v) is 17.0. The first-order chi connectivity index (χ1) is 14.7. The van der Waals surface area contributed by atoms with Gasteiger partial charge in [0.25, 0.3) is 5.89 Å². The SMILES string of the molecule is CN=C(NCCc1noc(-c2ccccn2)n1)NC(C)c1ccc2ccccc2c1. The second kappa shape index (κ2) is 9.17. The van der Waals surface area contributed by atoms with Crippen molar-refractivity contribution in [2.75, 3.05) is 13.6 Å². The number of nitrogens with one attached hydrogen (secondary N) is 2. The highest BCUT2D eigenvalue weighted by molar-refractivity contribution is 5.84. The van der Waals surface area contributed by atoms with Crippen molar-refractivity contribution in [2.24, 2.45) is 4.99 Å². The Labute approximate surface area is 175 Å². The molecular weight excluding hydrogens is 376 g/mol. The zero-order chi connectivity index (χ0) is 20.8. The standard InChI is InChI=1S/C23H24N6O/c1-16(18-11-10-17-7-3-4-8-19(17)15-18)27-23(24-2)26-14-12-21-28-22(30-29-21)20-9-5-6-13-25-20/h3-11,13,15-16H,12,14H2,1-2H3,(H2,24,26,27). The number of nitrogens with zero attached hydrogens (tertiary/aromatic N) is 4. The zero-order valence-electron chi connectivity index (χ0n) is 17.0. The number of guanidine groups is 1. The van der Waals surface area contributed by atoms with E-state index >= 15 is 0 Å². The van der Waals surface area contributed by atoms with Crippen molar-refractivity contribution >= 4 is 16.7 Å². The highest BCUT2D eigenvalue weighted by atomic mass is 16.5. The Morgan fingerprint density at radius 2 is 1.90 bits per heavy atom. The lowest BCUT2D eigenvalue weighted by Gasteiger charge is -2.18. The third-order valence-electron chi connectivity index (χ3n) is 4.84. The first kappa shape index (κ1) is 19.6. The van der Waals surface area contributed by atoms with Crippen molar-refractivity contribution in [1.29, 1.82) is 0 Å². The van der Waals surface area contributed by atoms with Gasteiger partial charge in [-0.1, -0.05) is 47.6 Å². The quantitative estimate of drug-likeness (QED) is 0.379. The van der Waals surface area contributed by atoms with Crippen LogP contribution in [0.1, 0.15) is 24.4 Å². The van der Waals surface area contributed by atoms with Crippen molar-refractivity contribution in [3.63, 3.8) is 0 Å². The second-order valence-corrected chi connectivity index (χ2v) is 6.95. The van der Waals surface area contributed by atoms with E-state index in [-0.39, 0.29) is 6.04 Å². The molecule has 7 heteroatoms. The lowest BCUT2D eigenvalue weighted by Crippen LogP contribution is -2.39. The third-order valence-corrected chi connectivity index (χ3v) is 4.84. The fourth-order valence-corrected chi connectivity index (χ4v) is 3.20. The molecule has 0 aliphatic carbocycles. The van der Waals surface area contributed by atoms with E-state index in [1.54, 1.807) is 13.2 Å². The predicted octanol–water partition coefficient (Wildman–Crippen LogP) is 3.75. The van der Waals surface area contributed by atoms with E-state index in [9.17, 15) is 0 Å². The average molecular weight is 400 g/mol. The van der Waals surface area contributed by atoms with Crippen LogP contribution in [0, 0.1) is 0 Å². The van der Waals surface area contributed by atoms with Crippen LogP contribution in [0.2, 0.25) is 0 Å². The molecule has 2 N–H and O–H groups in total. The van der Waals surface area contributed by atoms with Gasteiger partial charge in [-0.15, -0.1) is 0 Å². The summed E-state index contributed by atoms with van der Waals surface area (Å²) in [6, 6.07) is 20.6. The molecule has 4 rings (SSSR count). The van der Waals surface area contributed by atoms with Gasteiger partial charge in [0.05, 0.1) is 6.04 Å². The summed E-state index contributed by atoms with van der Waals surface area (Å²) in [7, 11) is 1.76. The summed E-state index contributed by atoms with van der Waals surface area (Å²) in [5.74, 6) is 1.78. The van der Waals surface area contributed by atoms with E-state index in [1.807, 2.05) is 18.2 Å². The van der Waals surface area contributed by atoms with Crippen LogP contribution in [-0.4, -0.2) is 34.7 Å². The molecule has 1 atom stereocenters. The Bertz CT molecular complexity index is 1140. The first-order valence-electron chi connectivity index (χ1n) is 9.93. The predicted molar refractivity (Wildman–Crippen MR) is 118 cm³/mol. The van der Waals surface area contributed by atoms with Crippen molar-refractivity contribution in [2.45, 2.75) is 19.4 Å². The molecule has 0 aliphatic heterocycles. The molecule has 0 spiro atoms. The average Bonchev–Trinajstić information content (AvgIpc) is 3.27. The van der Waals surface area contributed by atoms with E-state index in [0.717, 1.165) is 5.96 Å². The molecule has 0 aliphatic rings.